The van der Waals surface area contributed by atoms with E-state index >= 15 is 0 Å². The van der Waals surface area contributed by atoms with Crippen LogP contribution in [0.2, 0.25) is 0 Å². The summed E-state index contributed by atoms with van der Waals surface area (Å²) in [6, 6.07) is 21.5. The fraction of sp³-hybridized carbons (Fsp3) is 0.200. The fourth-order valence-corrected chi connectivity index (χ4v) is 4.73. The van der Waals surface area contributed by atoms with Gasteiger partial charge in [0.15, 0.2) is 0 Å². The van der Waals surface area contributed by atoms with Crippen LogP contribution in [0.1, 0.15) is 28.8 Å². The van der Waals surface area contributed by atoms with Gasteiger partial charge in [-0.25, -0.2) is 13.2 Å². The molecule has 1 aliphatic rings. The van der Waals surface area contributed by atoms with Crippen LogP contribution in [0.5, 0.6) is 0 Å². The number of rotatable bonds is 7. The molecule has 1 saturated heterocycles. The minimum absolute atomic E-state index is 0.0642. The van der Waals surface area contributed by atoms with Crippen LogP contribution >= 0.6 is 0 Å². The number of hydrogen-bond acceptors (Lipinski definition) is 4. The molecule has 34 heavy (non-hydrogen) atoms. The van der Waals surface area contributed by atoms with Gasteiger partial charge in [-0.1, -0.05) is 30.3 Å². The predicted octanol–water partition coefficient (Wildman–Crippen LogP) is 4.05. The minimum Gasteiger partial charge on any atom is -0.348 e. The number of anilines is 2. The lowest BCUT2D eigenvalue weighted by Crippen LogP contribution is -2.32. The molecule has 0 atom stereocenters. The van der Waals surface area contributed by atoms with Gasteiger partial charge in [-0.2, -0.15) is 0 Å². The summed E-state index contributed by atoms with van der Waals surface area (Å²) in [4.78, 5) is 26.7. The molecule has 0 aliphatic carbocycles. The molecule has 4 rings (SSSR count). The van der Waals surface area contributed by atoms with Gasteiger partial charge < -0.3 is 15.5 Å². The molecule has 8 nitrogen and oxygen atoms in total. The second kappa shape index (κ2) is 10.4. The van der Waals surface area contributed by atoms with Crippen LogP contribution in [0.3, 0.4) is 0 Å². The quantitative estimate of drug-likeness (QED) is 0.476. The first kappa shape index (κ1) is 23.3. The van der Waals surface area contributed by atoms with Crippen LogP contribution in [0.15, 0.2) is 83.8 Å². The van der Waals surface area contributed by atoms with Gasteiger partial charge in [0.25, 0.3) is 15.9 Å². The van der Waals surface area contributed by atoms with Crippen molar-refractivity contribution in [1.82, 2.24) is 10.2 Å². The van der Waals surface area contributed by atoms with E-state index in [9.17, 15) is 18.0 Å². The van der Waals surface area contributed by atoms with Crippen molar-refractivity contribution in [3.8, 4) is 0 Å². The Kier molecular flexibility index (Phi) is 7.12. The number of nitrogens with zero attached hydrogens (tertiary/aromatic N) is 1. The number of likely N-dealkylation sites (tertiary alicyclic amines) is 1. The van der Waals surface area contributed by atoms with Gasteiger partial charge in [0.1, 0.15) is 0 Å². The van der Waals surface area contributed by atoms with E-state index in [1.54, 1.807) is 35.2 Å². The van der Waals surface area contributed by atoms with Gasteiger partial charge in [-0.05, 0) is 66.9 Å². The van der Waals surface area contributed by atoms with Gasteiger partial charge in [0, 0.05) is 36.6 Å². The van der Waals surface area contributed by atoms with Crippen LogP contribution in [-0.2, 0) is 16.6 Å². The molecule has 0 saturated carbocycles. The standard InChI is InChI=1S/C25H26N4O4S/c30-24(20-11-13-23(14-12-20)34(32,33)28-21-8-2-1-3-9-21)26-18-19-7-6-10-22(17-19)27-25(31)29-15-4-5-16-29/h1-3,6-14,17,28H,4-5,15-16,18H2,(H,26,30)(H,27,31). The van der Waals surface area contributed by atoms with Crippen LogP contribution in [0.4, 0.5) is 16.2 Å². The third-order valence-corrected chi connectivity index (χ3v) is 6.87. The average Bonchev–Trinajstić information content (AvgIpc) is 3.39. The molecule has 0 spiro atoms. The highest BCUT2D eigenvalue weighted by atomic mass is 32.2. The molecule has 176 valence electrons. The van der Waals surface area contributed by atoms with Crippen molar-refractivity contribution < 1.29 is 18.0 Å². The maximum Gasteiger partial charge on any atom is 0.321 e. The summed E-state index contributed by atoms with van der Waals surface area (Å²) in [6.45, 7) is 1.80. The number of amides is 3. The van der Waals surface area contributed by atoms with E-state index in [0.29, 0.717) is 16.9 Å². The maximum atomic E-state index is 12.6. The summed E-state index contributed by atoms with van der Waals surface area (Å²) in [6.07, 6.45) is 2.05. The van der Waals surface area contributed by atoms with Gasteiger partial charge >= 0.3 is 6.03 Å². The Bertz CT molecular complexity index is 1260. The Hall–Kier alpha value is -3.85. The molecular formula is C25H26N4O4S. The number of nitrogens with one attached hydrogen (secondary N) is 3. The van der Waals surface area contributed by atoms with Gasteiger partial charge in [0.2, 0.25) is 0 Å². The summed E-state index contributed by atoms with van der Waals surface area (Å²) in [5, 5.41) is 5.71. The zero-order valence-electron chi connectivity index (χ0n) is 18.5. The SMILES string of the molecule is O=C(NCc1cccc(NC(=O)N2CCCC2)c1)c1ccc(S(=O)(=O)Nc2ccccc2)cc1. The minimum atomic E-state index is -3.75. The Morgan fingerprint density at radius 2 is 1.50 bits per heavy atom. The second-order valence-electron chi connectivity index (χ2n) is 8.00. The largest absolute Gasteiger partial charge is 0.348 e. The zero-order chi connectivity index (χ0) is 24.0. The molecule has 1 aliphatic heterocycles. The molecule has 0 radical (unpaired) electrons. The van der Waals surface area contributed by atoms with Crippen molar-refractivity contribution in [2.24, 2.45) is 0 Å². The number of carbonyl (C=O) groups is 2. The smallest absolute Gasteiger partial charge is 0.321 e. The number of benzene rings is 3. The molecule has 3 N–H and O–H groups in total. The Morgan fingerprint density at radius 1 is 0.824 bits per heavy atom. The van der Waals surface area contributed by atoms with Gasteiger partial charge in [0.05, 0.1) is 4.90 Å². The lowest BCUT2D eigenvalue weighted by molar-refractivity contribution is 0.0950. The Labute approximate surface area is 199 Å². The Morgan fingerprint density at radius 3 is 2.21 bits per heavy atom. The highest BCUT2D eigenvalue weighted by Crippen LogP contribution is 2.17. The summed E-state index contributed by atoms with van der Waals surface area (Å²) in [5.74, 6) is -0.327. The average molecular weight is 479 g/mol. The summed E-state index contributed by atoms with van der Waals surface area (Å²) in [5.41, 5.74) is 2.31. The lowest BCUT2D eigenvalue weighted by atomic mass is 10.1. The molecule has 0 unspecified atom stereocenters. The molecular weight excluding hydrogens is 452 g/mol. The normalized spacial score (nSPS) is 13.4. The summed E-state index contributed by atoms with van der Waals surface area (Å²) >= 11 is 0. The van der Waals surface area contributed by atoms with Crippen LogP contribution in [0, 0.1) is 0 Å². The zero-order valence-corrected chi connectivity index (χ0v) is 19.3. The third kappa shape index (κ3) is 5.93. The molecule has 3 amide bonds. The molecule has 9 heteroatoms. The van der Waals surface area contributed by atoms with Crippen LogP contribution < -0.4 is 15.4 Å². The number of para-hydroxylation sites is 1. The molecule has 3 aromatic carbocycles. The van der Waals surface area contributed by atoms with Crippen molar-refractivity contribution in [2.45, 2.75) is 24.3 Å². The van der Waals surface area contributed by atoms with Crippen LogP contribution in [0.25, 0.3) is 0 Å². The first-order valence-electron chi connectivity index (χ1n) is 11.0. The van der Waals surface area contributed by atoms with E-state index in [4.69, 9.17) is 0 Å². The van der Waals surface area contributed by atoms with E-state index in [1.807, 2.05) is 24.3 Å². The maximum absolute atomic E-state index is 12.6. The van der Waals surface area contributed by atoms with E-state index in [2.05, 4.69) is 15.4 Å². The van der Waals surface area contributed by atoms with Crippen LogP contribution in [-0.4, -0.2) is 38.3 Å². The Balaban J connectivity index is 1.34. The first-order valence-corrected chi connectivity index (χ1v) is 12.5. The number of urea groups is 1. The van der Waals surface area contributed by atoms with Crippen molar-refractivity contribution in [2.75, 3.05) is 23.1 Å². The number of carbonyl (C=O) groups excluding carboxylic acids is 2. The van der Waals surface area contributed by atoms with Crippen molar-refractivity contribution in [1.29, 1.82) is 0 Å². The van der Waals surface area contributed by atoms with Crippen molar-refractivity contribution in [3.63, 3.8) is 0 Å². The number of sulfonamides is 1. The van der Waals surface area contributed by atoms with E-state index in [-0.39, 0.29) is 23.4 Å². The second-order valence-corrected chi connectivity index (χ2v) is 9.69. The third-order valence-electron chi connectivity index (χ3n) is 5.48. The van der Waals surface area contributed by atoms with Gasteiger partial charge in [-0.15, -0.1) is 0 Å². The summed E-state index contributed by atoms with van der Waals surface area (Å²) < 4.78 is 27.6. The highest BCUT2D eigenvalue weighted by Gasteiger charge is 2.18. The molecule has 3 aromatic rings. The molecule has 0 bridgehead atoms. The highest BCUT2D eigenvalue weighted by molar-refractivity contribution is 7.92. The molecule has 1 heterocycles. The molecule has 0 aromatic heterocycles. The van der Waals surface area contributed by atoms with E-state index < -0.39 is 10.0 Å². The van der Waals surface area contributed by atoms with Crippen molar-refractivity contribution >= 4 is 33.3 Å². The number of hydrogen-bond donors (Lipinski definition) is 3. The fourth-order valence-electron chi connectivity index (χ4n) is 3.67. The van der Waals surface area contributed by atoms with Crippen molar-refractivity contribution in [3.05, 3.63) is 90.0 Å². The lowest BCUT2D eigenvalue weighted by Gasteiger charge is -2.16. The van der Waals surface area contributed by atoms with E-state index in [0.717, 1.165) is 31.5 Å². The summed E-state index contributed by atoms with van der Waals surface area (Å²) in [7, 11) is -3.75. The molecule has 1 fully saturated rings. The van der Waals surface area contributed by atoms with Gasteiger partial charge in [-0.3, -0.25) is 9.52 Å². The predicted molar refractivity (Wildman–Crippen MR) is 131 cm³/mol. The van der Waals surface area contributed by atoms with E-state index in [1.165, 1.54) is 24.3 Å². The first-order chi connectivity index (χ1) is 16.4. The topological polar surface area (TPSA) is 108 Å². The monoisotopic (exact) mass is 478 g/mol.